The lowest BCUT2D eigenvalue weighted by Gasteiger charge is -2.11. The molecule has 136 valence electrons. The van der Waals surface area contributed by atoms with Crippen LogP contribution in [0.2, 0.25) is 0 Å². The maximum absolute atomic E-state index is 11.5. The lowest BCUT2D eigenvalue weighted by Crippen LogP contribution is -2.03. The molecule has 0 saturated heterocycles. The topological polar surface area (TPSA) is 141 Å². The molecule has 0 aromatic heterocycles. The first-order chi connectivity index (χ1) is 12.8. The zero-order chi connectivity index (χ0) is 19.7. The Kier molecular flexibility index (Phi) is 4.38. The van der Waals surface area contributed by atoms with Crippen LogP contribution in [0.25, 0.3) is 10.8 Å². The highest BCUT2D eigenvalue weighted by Gasteiger charge is 2.27. The molecule has 0 spiro atoms. The number of non-ortho nitro benzene ring substituents is 1. The molecule has 0 amide bonds. The van der Waals surface area contributed by atoms with Crippen molar-refractivity contribution < 1.29 is 14.8 Å². The third-order valence-electron chi connectivity index (χ3n) is 4.00. The summed E-state index contributed by atoms with van der Waals surface area (Å²) in [5.74, 6) is 0. The standard InChI is InChI=1S/C17H12N4O6/c1-10-6-7-13(15(8-10)20(24)25)18-17-12-5-3-2-4-11(12)14(19(22)23)9-16(17)21(26)27/h2-9,18H,1H3. The molecule has 10 heteroatoms. The Morgan fingerprint density at radius 2 is 1.33 bits per heavy atom. The van der Waals surface area contributed by atoms with Gasteiger partial charge in [0.15, 0.2) is 0 Å². The van der Waals surface area contributed by atoms with Gasteiger partial charge in [-0.25, -0.2) is 0 Å². The number of benzene rings is 3. The molecule has 27 heavy (non-hydrogen) atoms. The third-order valence-corrected chi connectivity index (χ3v) is 4.00. The van der Waals surface area contributed by atoms with Crippen LogP contribution in [0, 0.1) is 37.3 Å². The fraction of sp³-hybridized carbons (Fsp3) is 0.0588. The molecule has 0 aliphatic rings. The van der Waals surface area contributed by atoms with Crippen LogP contribution < -0.4 is 5.32 Å². The van der Waals surface area contributed by atoms with Crippen LogP contribution in [0.5, 0.6) is 0 Å². The SMILES string of the molecule is Cc1ccc(Nc2c([N+](=O)[O-])cc([N+](=O)[O-])c3ccccc23)c([N+](=O)[O-])c1. The second-order valence-corrected chi connectivity index (χ2v) is 5.75. The van der Waals surface area contributed by atoms with Gasteiger partial charge in [-0.2, -0.15) is 0 Å². The van der Waals surface area contributed by atoms with Crippen LogP contribution in [-0.2, 0) is 0 Å². The normalized spacial score (nSPS) is 10.6. The first-order valence-corrected chi connectivity index (χ1v) is 7.66. The van der Waals surface area contributed by atoms with Crippen LogP contribution in [0.15, 0.2) is 48.5 Å². The zero-order valence-corrected chi connectivity index (χ0v) is 13.9. The molecule has 0 radical (unpaired) electrons. The van der Waals surface area contributed by atoms with Gasteiger partial charge in [-0.1, -0.05) is 24.3 Å². The van der Waals surface area contributed by atoms with Crippen molar-refractivity contribution in [2.75, 3.05) is 5.32 Å². The molecule has 0 unspecified atom stereocenters. The summed E-state index contributed by atoms with van der Waals surface area (Å²) < 4.78 is 0. The lowest BCUT2D eigenvalue weighted by molar-refractivity contribution is -0.392. The number of nitrogens with zero attached hydrogens (tertiary/aromatic N) is 3. The molecule has 0 bridgehead atoms. The lowest BCUT2D eigenvalue weighted by atomic mass is 10.0. The van der Waals surface area contributed by atoms with E-state index in [0.29, 0.717) is 5.56 Å². The molecule has 0 fully saturated rings. The average molecular weight is 368 g/mol. The van der Waals surface area contributed by atoms with Gasteiger partial charge in [-0.05, 0) is 24.6 Å². The van der Waals surface area contributed by atoms with E-state index in [-0.39, 0.29) is 27.8 Å². The number of nitro groups is 3. The van der Waals surface area contributed by atoms with E-state index < -0.39 is 26.1 Å². The first kappa shape index (κ1) is 17.7. The van der Waals surface area contributed by atoms with E-state index in [0.717, 1.165) is 6.07 Å². The van der Waals surface area contributed by atoms with E-state index in [1.54, 1.807) is 25.1 Å². The molecular formula is C17H12N4O6. The molecule has 3 aromatic carbocycles. The predicted octanol–water partition coefficient (Wildman–Crippen LogP) is 4.62. The summed E-state index contributed by atoms with van der Waals surface area (Å²) >= 11 is 0. The minimum Gasteiger partial charge on any atom is -0.344 e. The Bertz CT molecular complexity index is 1110. The van der Waals surface area contributed by atoms with Gasteiger partial charge < -0.3 is 5.32 Å². The van der Waals surface area contributed by atoms with Gasteiger partial charge in [0.1, 0.15) is 11.4 Å². The molecule has 1 N–H and O–H groups in total. The number of rotatable bonds is 5. The monoisotopic (exact) mass is 368 g/mol. The molecule has 0 heterocycles. The fourth-order valence-electron chi connectivity index (χ4n) is 2.80. The molecule has 0 aliphatic carbocycles. The Morgan fingerprint density at radius 1 is 0.741 bits per heavy atom. The van der Waals surface area contributed by atoms with Gasteiger partial charge in [0, 0.05) is 11.5 Å². The Labute approximate surface area is 151 Å². The van der Waals surface area contributed by atoms with Crippen molar-refractivity contribution >= 4 is 39.2 Å². The van der Waals surface area contributed by atoms with Gasteiger partial charge in [0.25, 0.3) is 17.1 Å². The van der Waals surface area contributed by atoms with E-state index >= 15 is 0 Å². The average Bonchev–Trinajstić information content (AvgIpc) is 2.62. The van der Waals surface area contributed by atoms with E-state index in [1.165, 1.54) is 24.3 Å². The molecule has 3 rings (SSSR count). The van der Waals surface area contributed by atoms with Crippen molar-refractivity contribution in [1.82, 2.24) is 0 Å². The van der Waals surface area contributed by atoms with Gasteiger partial charge in [0.2, 0.25) is 0 Å². The largest absolute Gasteiger partial charge is 0.344 e. The van der Waals surface area contributed by atoms with Gasteiger partial charge in [-0.3, -0.25) is 30.3 Å². The Morgan fingerprint density at radius 3 is 1.93 bits per heavy atom. The first-order valence-electron chi connectivity index (χ1n) is 7.66. The molecule has 0 aliphatic heterocycles. The second kappa shape index (κ2) is 6.67. The smallest absolute Gasteiger partial charge is 0.300 e. The highest BCUT2D eigenvalue weighted by Crippen LogP contribution is 2.42. The summed E-state index contributed by atoms with van der Waals surface area (Å²) in [5.41, 5.74) is -0.570. The molecule has 10 nitrogen and oxygen atoms in total. The summed E-state index contributed by atoms with van der Waals surface area (Å²) in [6.45, 7) is 1.68. The molecule has 0 atom stereocenters. The summed E-state index contributed by atoms with van der Waals surface area (Å²) in [6, 6.07) is 11.3. The number of nitro benzene ring substituents is 3. The number of hydrogen-bond donors (Lipinski definition) is 1. The fourth-order valence-corrected chi connectivity index (χ4v) is 2.80. The number of anilines is 2. The highest BCUT2D eigenvalue weighted by molar-refractivity contribution is 6.05. The third kappa shape index (κ3) is 3.23. The van der Waals surface area contributed by atoms with Gasteiger partial charge in [0.05, 0.1) is 26.2 Å². The highest BCUT2D eigenvalue weighted by atomic mass is 16.6. The number of aryl methyl sites for hydroxylation is 1. The molecular weight excluding hydrogens is 356 g/mol. The summed E-state index contributed by atoms with van der Waals surface area (Å²) in [7, 11) is 0. The van der Waals surface area contributed by atoms with Crippen LogP contribution >= 0.6 is 0 Å². The number of nitrogens with one attached hydrogen (secondary N) is 1. The van der Waals surface area contributed by atoms with Crippen molar-refractivity contribution in [3.63, 3.8) is 0 Å². The van der Waals surface area contributed by atoms with Gasteiger partial charge >= 0.3 is 0 Å². The van der Waals surface area contributed by atoms with Crippen molar-refractivity contribution in [2.24, 2.45) is 0 Å². The van der Waals surface area contributed by atoms with Crippen molar-refractivity contribution in [3.8, 4) is 0 Å². The maximum Gasteiger partial charge on any atom is 0.300 e. The summed E-state index contributed by atoms with van der Waals surface area (Å²) in [5, 5.41) is 37.3. The minimum atomic E-state index is -0.762. The molecule has 0 saturated carbocycles. The predicted molar refractivity (Wildman–Crippen MR) is 98.4 cm³/mol. The number of fused-ring (bicyclic) bond motifs is 1. The van der Waals surface area contributed by atoms with Crippen LogP contribution in [0.4, 0.5) is 28.4 Å². The summed E-state index contributed by atoms with van der Waals surface area (Å²) in [6.07, 6.45) is 0. The Balaban J connectivity index is 2.31. The Hall–Kier alpha value is -4.08. The van der Waals surface area contributed by atoms with Crippen molar-refractivity contribution in [2.45, 2.75) is 6.92 Å². The zero-order valence-electron chi connectivity index (χ0n) is 13.9. The van der Waals surface area contributed by atoms with Crippen LogP contribution in [-0.4, -0.2) is 14.8 Å². The molecule has 3 aromatic rings. The van der Waals surface area contributed by atoms with E-state index in [9.17, 15) is 30.3 Å². The van der Waals surface area contributed by atoms with E-state index in [1.807, 2.05) is 0 Å². The maximum atomic E-state index is 11.5. The number of hydrogen-bond acceptors (Lipinski definition) is 7. The summed E-state index contributed by atoms with van der Waals surface area (Å²) in [4.78, 5) is 32.1. The van der Waals surface area contributed by atoms with Crippen molar-refractivity contribution in [1.29, 1.82) is 0 Å². The van der Waals surface area contributed by atoms with Crippen LogP contribution in [0.3, 0.4) is 0 Å². The van der Waals surface area contributed by atoms with E-state index in [4.69, 9.17) is 0 Å². The quantitative estimate of drug-likeness (QED) is 0.511. The van der Waals surface area contributed by atoms with Gasteiger partial charge in [-0.15, -0.1) is 0 Å². The van der Waals surface area contributed by atoms with Crippen LogP contribution in [0.1, 0.15) is 5.56 Å². The second-order valence-electron chi connectivity index (χ2n) is 5.75. The van der Waals surface area contributed by atoms with E-state index in [2.05, 4.69) is 5.32 Å². The van der Waals surface area contributed by atoms with Crippen molar-refractivity contribution in [3.05, 3.63) is 84.4 Å². The minimum absolute atomic E-state index is 0.0480.